The second-order valence-electron chi connectivity index (χ2n) is 4.91. The molecular weight excluding hydrogens is 234 g/mol. The normalized spacial score (nSPS) is 24.6. The van der Waals surface area contributed by atoms with Gasteiger partial charge >= 0.3 is 0 Å². The first-order valence-corrected chi connectivity index (χ1v) is 6.41. The maximum absolute atomic E-state index is 6.23. The van der Waals surface area contributed by atoms with Crippen molar-refractivity contribution in [2.45, 2.75) is 31.2 Å². The monoisotopic (exact) mass is 249 g/mol. The molecule has 17 heavy (non-hydrogen) atoms. The number of nitrogens with zero attached hydrogens (tertiary/aromatic N) is 2. The summed E-state index contributed by atoms with van der Waals surface area (Å²) in [5.41, 5.74) is 7.99. The zero-order valence-electron chi connectivity index (χ0n) is 9.86. The molecule has 1 aromatic carbocycles. The van der Waals surface area contributed by atoms with Gasteiger partial charge in [0, 0.05) is 19.0 Å². The van der Waals surface area contributed by atoms with E-state index < -0.39 is 0 Å². The Labute approximate surface area is 106 Å². The predicted molar refractivity (Wildman–Crippen MR) is 70.3 cm³/mol. The number of aromatic nitrogens is 2. The third-order valence-electron chi connectivity index (χ3n) is 3.72. The molecule has 2 unspecified atom stereocenters. The molecule has 90 valence electrons. The molecule has 4 heteroatoms. The summed E-state index contributed by atoms with van der Waals surface area (Å²) in [6, 6.07) is 6.20. The van der Waals surface area contributed by atoms with E-state index in [1.807, 2.05) is 25.2 Å². The van der Waals surface area contributed by atoms with E-state index in [0.29, 0.717) is 12.0 Å². The van der Waals surface area contributed by atoms with Gasteiger partial charge in [0.25, 0.3) is 0 Å². The van der Waals surface area contributed by atoms with Crippen LogP contribution < -0.4 is 5.73 Å². The molecule has 2 aromatic rings. The van der Waals surface area contributed by atoms with Gasteiger partial charge in [-0.1, -0.05) is 17.7 Å². The smallest absolute Gasteiger partial charge is 0.112 e. The van der Waals surface area contributed by atoms with Crippen molar-refractivity contribution in [3.05, 3.63) is 29.0 Å². The number of aryl methyl sites for hydroxylation is 1. The minimum atomic E-state index is 0.329. The van der Waals surface area contributed by atoms with Gasteiger partial charge < -0.3 is 10.3 Å². The van der Waals surface area contributed by atoms with Crippen LogP contribution in [0.2, 0.25) is 5.02 Å². The van der Waals surface area contributed by atoms with Gasteiger partial charge in [0.15, 0.2) is 0 Å². The summed E-state index contributed by atoms with van der Waals surface area (Å²) < 4.78 is 2.13. The summed E-state index contributed by atoms with van der Waals surface area (Å²) in [5, 5.41) is 0.769. The molecule has 3 nitrogen and oxygen atoms in total. The lowest BCUT2D eigenvalue weighted by Gasteiger charge is -2.09. The lowest BCUT2D eigenvalue weighted by Crippen LogP contribution is -2.15. The quantitative estimate of drug-likeness (QED) is 0.845. The zero-order valence-corrected chi connectivity index (χ0v) is 10.6. The second-order valence-corrected chi connectivity index (χ2v) is 5.31. The zero-order chi connectivity index (χ0) is 12.0. The molecule has 1 aromatic heterocycles. The third-order valence-corrected chi connectivity index (χ3v) is 4.02. The Morgan fingerprint density at radius 3 is 2.88 bits per heavy atom. The van der Waals surface area contributed by atoms with Crippen LogP contribution in [0.5, 0.6) is 0 Å². The van der Waals surface area contributed by atoms with E-state index in [2.05, 4.69) is 4.57 Å². The van der Waals surface area contributed by atoms with Crippen LogP contribution in [0.15, 0.2) is 18.2 Å². The minimum absolute atomic E-state index is 0.329. The lowest BCUT2D eigenvalue weighted by molar-refractivity contribution is 0.621. The summed E-state index contributed by atoms with van der Waals surface area (Å²) in [4.78, 5) is 4.71. The van der Waals surface area contributed by atoms with Crippen molar-refractivity contribution in [3.63, 3.8) is 0 Å². The molecule has 1 aliphatic rings. The predicted octanol–water partition coefficient (Wildman–Crippen LogP) is 2.82. The van der Waals surface area contributed by atoms with Crippen LogP contribution in [-0.2, 0) is 7.05 Å². The maximum atomic E-state index is 6.23. The van der Waals surface area contributed by atoms with Crippen molar-refractivity contribution in [1.82, 2.24) is 9.55 Å². The van der Waals surface area contributed by atoms with Crippen LogP contribution in [-0.4, -0.2) is 15.6 Å². The second kappa shape index (κ2) is 4.00. The molecule has 0 bridgehead atoms. The van der Waals surface area contributed by atoms with E-state index in [1.54, 1.807) is 0 Å². The first kappa shape index (κ1) is 11.1. The van der Waals surface area contributed by atoms with Crippen molar-refractivity contribution in [2.75, 3.05) is 0 Å². The fraction of sp³-hybridized carbons (Fsp3) is 0.462. The number of hydrogen-bond acceptors (Lipinski definition) is 2. The van der Waals surface area contributed by atoms with E-state index in [0.717, 1.165) is 41.1 Å². The van der Waals surface area contributed by atoms with Crippen molar-refractivity contribution >= 4 is 22.6 Å². The standard InChI is InChI=1S/C13H16ClN3/c1-17-12-10(14)3-2-4-11(12)16-13(17)8-5-6-9(15)7-8/h2-4,8-9H,5-7,15H2,1H3. The van der Waals surface area contributed by atoms with Crippen molar-refractivity contribution in [2.24, 2.45) is 12.8 Å². The van der Waals surface area contributed by atoms with Crippen LogP contribution in [0.25, 0.3) is 11.0 Å². The molecule has 1 aliphatic carbocycles. The molecule has 0 saturated heterocycles. The van der Waals surface area contributed by atoms with Crippen LogP contribution in [0.3, 0.4) is 0 Å². The van der Waals surface area contributed by atoms with E-state index >= 15 is 0 Å². The number of para-hydroxylation sites is 1. The Balaban J connectivity index is 2.12. The Morgan fingerprint density at radius 2 is 2.24 bits per heavy atom. The molecule has 0 aliphatic heterocycles. The highest BCUT2D eigenvalue weighted by molar-refractivity contribution is 6.35. The summed E-state index contributed by atoms with van der Waals surface area (Å²) in [7, 11) is 2.04. The van der Waals surface area contributed by atoms with Gasteiger partial charge in [-0.2, -0.15) is 0 Å². The van der Waals surface area contributed by atoms with E-state index in [-0.39, 0.29) is 0 Å². The number of benzene rings is 1. The first-order chi connectivity index (χ1) is 8.16. The van der Waals surface area contributed by atoms with Crippen molar-refractivity contribution in [1.29, 1.82) is 0 Å². The molecule has 1 heterocycles. The topological polar surface area (TPSA) is 43.8 Å². The van der Waals surface area contributed by atoms with Crippen molar-refractivity contribution in [3.8, 4) is 0 Å². The summed E-state index contributed by atoms with van der Waals surface area (Å²) in [6.07, 6.45) is 3.27. The van der Waals surface area contributed by atoms with Crippen LogP contribution >= 0.6 is 11.6 Å². The highest BCUT2D eigenvalue weighted by atomic mass is 35.5. The molecule has 0 spiro atoms. The summed E-state index contributed by atoms with van der Waals surface area (Å²) >= 11 is 6.23. The molecule has 0 amide bonds. The van der Waals surface area contributed by atoms with Crippen LogP contribution in [0.4, 0.5) is 0 Å². The molecule has 1 saturated carbocycles. The average Bonchev–Trinajstić information content (AvgIpc) is 2.84. The van der Waals surface area contributed by atoms with Crippen molar-refractivity contribution < 1.29 is 0 Å². The Morgan fingerprint density at radius 1 is 1.41 bits per heavy atom. The van der Waals surface area contributed by atoms with E-state index in [4.69, 9.17) is 22.3 Å². The van der Waals surface area contributed by atoms with Gasteiger partial charge in [-0.3, -0.25) is 0 Å². The SMILES string of the molecule is Cn1c(C2CCC(N)C2)nc2cccc(Cl)c21. The minimum Gasteiger partial charge on any atom is -0.330 e. The first-order valence-electron chi connectivity index (χ1n) is 6.03. The maximum Gasteiger partial charge on any atom is 0.112 e. The lowest BCUT2D eigenvalue weighted by atomic mass is 10.1. The number of fused-ring (bicyclic) bond motifs is 1. The number of rotatable bonds is 1. The number of nitrogens with two attached hydrogens (primary N) is 1. The van der Waals surface area contributed by atoms with Gasteiger partial charge in [0.2, 0.25) is 0 Å². The third kappa shape index (κ3) is 1.74. The summed E-state index contributed by atoms with van der Waals surface area (Å²) in [5.74, 6) is 1.61. The molecule has 2 N–H and O–H groups in total. The highest BCUT2D eigenvalue weighted by Gasteiger charge is 2.27. The van der Waals surface area contributed by atoms with Gasteiger partial charge in [-0.25, -0.2) is 4.98 Å². The van der Waals surface area contributed by atoms with Gasteiger partial charge in [-0.05, 0) is 31.4 Å². The van der Waals surface area contributed by atoms with Crippen LogP contribution in [0, 0.1) is 0 Å². The molecule has 0 radical (unpaired) electrons. The number of imidazole rings is 1. The molecule has 1 fully saturated rings. The molecule has 3 rings (SSSR count). The average molecular weight is 250 g/mol. The number of halogens is 1. The van der Waals surface area contributed by atoms with E-state index in [9.17, 15) is 0 Å². The van der Waals surface area contributed by atoms with Crippen LogP contribution in [0.1, 0.15) is 31.0 Å². The highest BCUT2D eigenvalue weighted by Crippen LogP contribution is 2.35. The Hall–Kier alpha value is -1.06. The molecular formula is C13H16ClN3. The largest absolute Gasteiger partial charge is 0.330 e. The Kier molecular flexibility index (Phi) is 2.60. The number of hydrogen-bond donors (Lipinski definition) is 1. The summed E-state index contributed by atoms with van der Waals surface area (Å²) in [6.45, 7) is 0. The fourth-order valence-corrected chi connectivity index (χ4v) is 3.15. The Bertz CT molecular complexity index is 561. The van der Waals surface area contributed by atoms with Gasteiger partial charge in [0.05, 0.1) is 16.1 Å². The van der Waals surface area contributed by atoms with Gasteiger partial charge in [-0.15, -0.1) is 0 Å². The molecule has 2 atom stereocenters. The fourth-order valence-electron chi connectivity index (χ4n) is 2.86. The van der Waals surface area contributed by atoms with E-state index in [1.165, 1.54) is 0 Å². The van der Waals surface area contributed by atoms with Gasteiger partial charge in [0.1, 0.15) is 5.82 Å².